The molecule has 0 saturated heterocycles. The molecule has 0 spiro atoms. The number of urea groups is 1. The summed E-state index contributed by atoms with van der Waals surface area (Å²) in [6.45, 7) is 3.83. The summed E-state index contributed by atoms with van der Waals surface area (Å²) in [4.78, 5) is 16.6. The van der Waals surface area contributed by atoms with Gasteiger partial charge in [0.2, 0.25) is 0 Å². The lowest BCUT2D eigenvalue weighted by Crippen LogP contribution is -2.41. The van der Waals surface area contributed by atoms with Crippen LogP contribution in [0.1, 0.15) is 40.8 Å². The number of thiazole rings is 1. The Morgan fingerprint density at radius 2 is 2.23 bits per heavy atom. The molecule has 6 heteroatoms. The predicted molar refractivity (Wildman–Crippen MR) is 85.8 cm³/mol. The van der Waals surface area contributed by atoms with Crippen LogP contribution in [-0.4, -0.2) is 22.2 Å². The van der Waals surface area contributed by atoms with Gasteiger partial charge in [-0.15, -0.1) is 11.3 Å². The van der Waals surface area contributed by atoms with Gasteiger partial charge in [0.25, 0.3) is 0 Å². The molecule has 0 radical (unpaired) electrons. The zero-order valence-corrected chi connectivity index (χ0v) is 13.4. The van der Waals surface area contributed by atoms with E-state index in [1.165, 1.54) is 11.3 Å². The van der Waals surface area contributed by atoms with Gasteiger partial charge in [-0.3, -0.25) is 0 Å². The number of aliphatic hydroxyl groups excluding tert-OH is 1. The van der Waals surface area contributed by atoms with Crippen molar-refractivity contribution in [1.82, 2.24) is 15.6 Å². The minimum Gasteiger partial charge on any atom is -0.390 e. The molecule has 1 aliphatic rings. The first-order valence-electron chi connectivity index (χ1n) is 7.29. The van der Waals surface area contributed by atoms with E-state index in [2.05, 4.69) is 15.6 Å². The molecule has 3 unspecified atom stereocenters. The Kier molecular flexibility index (Phi) is 4.13. The van der Waals surface area contributed by atoms with Crippen molar-refractivity contribution in [2.45, 2.75) is 38.5 Å². The Morgan fingerprint density at radius 3 is 2.95 bits per heavy atom. The molecular weight excluding hydrogens is 298 g/mol. The van der Waals surface area contributed by atoms with E-state index in [9.17, 15) is 9.90 Å². The summed E-state index contributed by atoms with van der Waals surface area (Å²) in [5.74, 6) is 0. The lowest BCUT2D eigenvalue weighted by Gasteiger charge is -2.20. The van der Waals surface area contributed by atoms with Gasteiger partial charge in [0.15, 0.2) is 0 Å². The van der Waals surface area contributed by atoms with Gasteiger partial charge in [0, 0.05) is 17.5 Å². The van der Waals surface area contributed by atoms with E-state index in [-0.39, 0.29) is 18.1 Å². The van der Waals surface area contributed by atoms with Gasteiger partial charge >= 0.3 is 6.03 Å². The van der Waals surface area contributed by atoms with Crippen molar-refractivity contribution < 1.29 is 9.90 Å². The number of aromatic nitrogens is 1. The van der Waals surface area contributed by atoms with Crippen molar-refractivity contribution in [3.63, 3.8) is 0 Å². The van der Waals surface area contributed by atoms with E-state index in [4.69, 9.17) is 0 Å². The number of aryl methyl sites for hydroxylation is 1. The average molecular weight is 317 g/mol. The van der Waals surface area contributed by atoms with Crippen LogP contribution in [0, 0.1) is 6.92 Å². The van der Waals surface area contributed by atoms with Gasteiger partial charge in [-0.05, 0) is 25.0 Å². The molecule has 22 heavy (non-hydrogen) atoms. The first-order valence-corrected chi connectivity index (χ1v) is 8.17. The number of nitrogens with zero attached hydrogens (tertiary/aromatic N) is 1. The fourth-order valence-corrected chi connectivity index (χ4v) is 3.56. The summed E-state index contributed by atoms with van der Waals surface area (Å²) in [5, 5.41) is 18.7. The number of hydrogen-bond acceptors (Lipinski definition) is 4. The van der Waals surface area contributed by atoms with Crippen LogP contribution in [0.4, 0.5) is 4.79 Å². The molecule has 0 saturated carbocycles. The summed E-state index contributed by atoms with van der Waals surface area (Å²) in [5.41, 5.74) is 3.03. The van der Waals surface area contributed by atoms with Gasteiger partial charge in [-0.25, -0.2) is 9.78 Å². The topological polar surface area (TPSA) is 74.2 Å². The van der Waals surface area contributed by atoms with E-state index in [0.29, 0.717) is 6.42 Å². The fourth-order valence-electron chi connectivity index (χ4n) is 2.76. The van der Waals surface area contributed by atoms with E-state index in [0.717, 1.165) is 21.8 Å². The number of carbonyl (C=O) groups is 1. The summed E-state index contributed by atoms with van der Waals surface area (Å²) in [7, 11) is 0. The summed E-state index contributed by atoms with van der Waals surface area (Å²) < 4.78 is 0. The number of amides is 2. The highest BCUT2D eigenvalue weighted by atomic mass is 32.1. The number of nitrogens with one attached hydrogen (secondary N) is 2. The lowest BCUT2D eigenvalue weighted by molar-refractivity contribution is 0.142. The molecule has 0 aliphatic heterocycles. The van der Waals surface area contributed by atoms with E-state index in [1.807, 2.05) is 43.5 Å². The maximum Gasteiger partial charge on any atom is 0.315 e. The number of rotatable bonds is 3. The maximum absolute atomic E-state index is 12.2. The molecular formula is C16H19N3O2S. The Balaban J connectivity index is 1.65. The van der Waals surface area contributed by atoms with E-state index >= 15 is 0 Å². The second kappa shape index (κ2) is 6.06. The van der Waals surface area contributed by atoms with Crippen LogP contribution in [0.2, 0.25) is 0 Å². The van der Waals surface area contributed by atoms with Crippen molar-refractivity contribution in [2.24, 2.45) is 0 Å². The quantitative estimate of drug-likeness (QED) is 0.814. The molecule has 5 nitrogen and oxygen atoms in total. The molecule has 116 valence electrons. The minimum atomic E-state index is -0.583. The third-order valence-electron chi connectivity index (χ3n) is 3.85. The van der Waals surface area contributed by atoms with Crippen LogP contribution >= 0.6 is 11.3 Å². The van der Waals surface area contributed by atoms with Crippen LogP contribution in [0.15, 0.2) is 29.6 Å². The van der Waals surface area contributed by atoms with Crippen molar-refractivity contribution in [1.29, 1.82) is 0 Å². The monoisotopic (exact) mass is 317 g/mol. The standard InChI is InChI=1S/C16H19N3O2S/c1-9-8-22-15(17-9)10(2)18-16(21)19-14-12-6-4-3-5-11(12)7-13(14)20/h3-6,8,10,13-14,20H,7H2,1-2H3,(H2,18,19,21). The number of fused-ring (bicyclic) bond motifs is 1. The smallest absolute Gasteiger partial charge is 0.315 e. The van der Waals surface area contributed by atoms with Crippen LogP contribution in [0.3, 0.4) is 0 Å². The Morgan fingerprint density at radius 1 is 1.45 bits per heavy atom. The van der Waals surface area contributed by atoms with Crippen LogP contribution in [-0.2, 0) is 6.42 Å². The molecule has 2 amide bonds. The molecule has 3 rings (SSSR count). The zero-order chi connectivity index (χ0) is 15.7. The van der Waals surface area contributed by atoms with Crippen molar-refractivity contribution in [3.05, 3.63) is 51.5 Å². The van der Waals surface area contributed by atoms with E-state index in [1.54, 1.807) is 0 Å². The molecule has 2 aromatic rings. The third kappa shape index (κ3) is 2.98. The highest BCUT2D eigenvalue weighted by Crippen LogP contribution is 2.31. The number of hydrogen-bond donors (Lipinski definition) is 3. The van der Waals surface area contributed by atoms with Crippen molar-refractivity contribution >= 4 is 17.4 Å². The van der Waals surface area contributed by atoms with Gasteiger partial charge in [0.1, 0.15) is 5.01 Å². The number of carbonyl (C=O) groups excluding carboxylic acids is 1. The minimum absolute atomic E-state index is 0.160. The van der Waals surface area contributed by atoms with Crippen LogP contribution in [0.5, 0.6) is 0 Å². The first-order chi connectivity index (χ1) is 10.5. The first kappa shape index (κ1) is 15.0. The maximum atomic E-state index is 12.2. The van der Waals surface area contributed by atoms with Crippen molar-refractivity contribution in [3.8, 4) is 0 Å². The molecule has 1 aliphatic carbocycles. The molecule has 0 fully saturated rings. The van der Waals surface area contributed by atoms with Gasteiger partial charge in [0.05, 0.1) is 18.2 Å². The zero-order valence-electron chi connectivity index (χ0n) is 12.5. The summed E-state index contributed by atoms with van der Waals surface area (Å²) in [6, 6.07) is 6.99. The molecule has 1 heterocycles. The third-order valence-corrected chi connectivity index (χ3v) is 4.99. The largest absolute Gasteiger partial charge is 0.390 e. The molecule has 1 aromatic heterocycles. The normalized spacial score (nSPS) is 21.2. The highest BCUT2D eigenvalue weighted by Gasteiger charge is 2.32. The molecule has 3 atom stereocenters. The predicted octanol–water partition coefficient (Wildman–Crippen LogP) is 2.47. The lowest BCUT2D eigenvalue weighted by atomic mass is 10.1. The van der Waals surface area contributed by atoms with Gasteiger partial charge in [-0.1, -0.05) is 24.3 Å². The highest BCUT2D eigenvalue weighted by molar-refractivity contribution is 7.09. The van der Waals surface area contributed by atoms with Gasteiger partial charge < -0.3 is 15.7 Å². The molecule has 3 N–H and O–H groups in total. The summed E-state index contributed by atoms with van der Waals surface area (Å²) >= 11 is 1.53. The SMILES string of the molecule is Cc1csc(C(C)NC(=O)NC2c3ccccc3CC2O)n1. The van der Waals surface area contributed by atoms with Gasteiger partial charge in [-0.2, -0.15) is 0 Å². The van der Waals surface area contributed by atoms with E-state index < -0.39 is 6.10 Å². The Hall–Kier alpha value is -1.92. The average Bonchev–Trinajstić information content (AvgIpc) is 3.04. The number of aliphatic hydroxyl groups is 1. The second-order valence-electron chi connectivity index (χ2n) is 5.61. The molecule has 0 bridgehead atoms. The summed E-state index contributed by atoms with van der Waals surface area (Å²) in [6.07, 6.45) is -0.0110. The second-order valence-corrected chi connectivity index (χ2v) is 6.50. The van der Waals surface area contributed by atoms with Crippen molar-refractivity contribution in [2.75, 3.05) is 0 Å². The van der Waals surface area contributed by atoms with Crippen LogP contribution < -0.4 is 10.6 Å². The Bertz CT molecular complexity index is 686. The number of benzene rings is 1. The molecule has 1 aromatic carbocycles. The fraction of sp³-hybridized carbons (Fsp3) is 0.375. The van der Waals surface area contributed by atoms with Crippen LogP contribution in [0.25, 0.3) is 0 Å². The Labute approximate surface area is 133 Å².